The van der Waals surface area contributed by atoms with E-state index in [9.17, 15) is 0 Å². The van der Waals surface area contributed by atoms with Gasteiger partial charge in [0.15, 0.2) is 0 Å². The second-order valence-corrected chi connectivity index (χ2v) is 33.1. The molecule has 0 unspecified atom stereocenters. The molecule has 0 aliphatic rings. The second kappa shape index (κ2) is 37.7. The number of benzene rings is 18. The summed E-state index contributed by atoms with van der Waals surface area (Å²) in [5.74, 6) is 0. The molecular formula is C123H84N12. The van der Waals surface area contributed by atoms with Crippen molar-refractivity contribution >= 4 is 33.1 Å². The first-order valence-corrected chi connectivity index (χ1v) is 45.1. The standard InChI is InChI=1S/3C41H28N4/c1-3-13-29(14-4-1)35-20-7-8-22-37(35)33-26-39(38-23-10-9-21-36(38)30-15-5-2-6-16-30)41-40(27-33)43-45(44-41)34-19-11-17-31(25-34)32-18-12-24-42-28-32;1-3-8-29(9-4-1)31-13-15-34(16-14-31)37-26-39(35-19-17-32(18-20-35)30-10-5-2-6-11-30)41-40(27-37)43-45(44-41)38-23-21-33(22-24-38)36-12-7-25-42-28-36;1-3-7-29(8-4-1)31-11-13-34(14-12-31)37-27-39(36-17-15-32(16-18-36)30-9-5-2-6-10-30)41-40(28-37)43-45(44-41)38-21-19-33(20-22-38)35-23-25-42-26-24-35/h3*1-28H. The van der Waals surface area contributed by atoms with Gasteiger partial charge in [0.25, 0.3) is 0 Å². The number of aromatic nitrogens is 12. The van der Waals surface area contributed by atoms with Crippen molar-refractivity contribution in [1.29, 1.82) is 0 Å². The molecule has 0 saturated carbocycles. The van der Waals surface area contributed by atoms with Crippen LogP contribution < -0.4 is 0 Å². The first-order chi connectivity index (χ1) is 66.9. The van der Waals surface area contributed by atoms with Crippen LogP contribution in [0.3, 0.4) is 0 Å². The fraction of sp³-hybridized carbons (Fsp3) is 0. The van der Waals surface area contributed by atoms with Gasteiger partial charge in [-0.1, -0.05) is 376 Å². The van der Waals surface area contributed by atoms with Crippen LogP contribution in [-0.2, 0) is 0 Å². The molecule has 0 aliphatic carbocycles. The minimum atomic E-state index is 0.833. The summed E-state index contributed by atoms with van der Waals surface area (Å²) in [7, 11) is 0. The summed E-state index contributed by atoms with van der Waals surface area (Å²) in [6.45, 7) is 0. The zero-order valence-electron chi connectivity index (χ0n) is 73.4. The van der Waals surface area contributed by atoms with Crippen LogP contribution in [0.1, 0.15) is 0 Å². The van der Waals surface area contributed by atoms with E-state index in [4.69, 9.17) is 30.6 Å². The zero-order chi connectivity index (χ0) is 90.0. The highest BCUT2D eigenvalue weighted by Gasteiger charge is 2.22. The molecule has 636 valence electrons. The molecule has 0 N–H and O–H groups in total. The summed E-state index contributed by atoms with van der Waals surface area (Å²) in [6.07, 6.45) is 10.9. The molecule has 12 nitrogen and oxygen atoms in total. The van der Waals surface area contributed by atoms with E-state index in [0.717, 1.165) is 161 Å². The van der Waals surface area contributed by atoms with Gasteiger partial charge in [-0.25, -0.2) is 0 Å². The Bertz CT molecular complexity index is 7890. The largest absolute Gasteiger partial charge is 0.265 e. The van der Waals surface area contributed by atoms with Gasteiger partial charge in [0.1, 0.15) is 33.1 Å². The van der Waals surface area contributed by atoms with Gasteiger partial charge in [-0.05, 0) is 242 Å². The number of fused-ring (bicyclic) bond motifs is 3. The molecule has 0 amide bonds. The van der Waals surface area contributed by atoms with Crippen LogP contribution in [0.25, 0.3) is 217 Å². The third-order valence-corrected chi connectivity index (χ3v) is 24.6. The predicted octanol–water partition coefficient (Wildman–Crippen LogP) is 30.5. The minimum Gasteiger partial charge on any atom is -0.265 e. The van der Waals surface area contributed by atoms with Gasteiger partial charge in [0.05, 0.1) is 17.1 Å². The van der Waals surface area contributed by atoms with Crippen molar-refractivity contribution in [3.63, 3.8) is 0 Å². The molecule has 18 aromatic carbocycles. The Labute approximate surface area is 782 Å². The van der Waals surface area contributed by atoms with E-state index in [0.29, 0.717) is 0 Å². The third kappa shape index (κ3) is 17.8. The normalized spacial score (nSPS) is 11.1. The van der Waals surface area contributed by atoms with E-state index in [2.05, 4.69) is 427 Å². The summed E-state index contributed by atoms with van der Waals surface area (Å²) < 4.78 is 0. The average Bonchev–Trinajstić information content (AvgIpc) is 1.54. The summed E-state index contributed by atoms with van der Waals surface area (Å²) in [5.41, 5.74) is 41.7. The van der Waals surface area contributed by atoms with Gasteiger partial charge in [-0.2, -0.15) is 14.4 Å². The highest BCUT2D eigenvalue weighted by molar-refractivity contribution is 6.02. The van der Waals surface area contributed by atoms with Gasteiger partial charge in [0, 0.05) is 59.4 Å². The fourth-order valence-electron chi connectivity index (χ4n) is 17.6. The minimum absolute atomic E-state index is 0.833. The van der Waals surface area contributed by atoms with Gasteiger partial charge in [0.2, 0.25) is 0 Å². The van der Waals surface area contributed by atoms with E-state index in [1.807, 2.05) is 85.5 Å². The number of pyridine rings is 3. The van der Waals surface area contributed by atoms with E-state index < -0.39 is 0 Å². The monoisotopic (exact) mass is 1730 g/mol. The van der Waals surface area contributed by atoms with Crippen molar-refractivity contribution in [3.8, 4) is 184 Å². The Morgan fingerprint density at radius 3 is 0.770 bits per heavy atom. The lowest BCUT2D eigenvalue weighted by atomic mass is 9.89. The van der Waals surface area contributed by atoms with Crippen molar-refractivity contribution in [2.24, 2.45) is 0 Å². The predicted molar refractivity (Wildman–Crippen MR) is 552 cm³/mol. The SMILES string of the molecule is c1ccc(-c2ccc(-c3cc(-c4ccc(-c5ccccc5)cc4)c4nn(-c5ccc(-c6cccnc6)cc5)nc4c3)cc2)cc1.c1ccc(-c2ccc(-c3cc(-c4ccc(-c5ccccc5)cc4)c4nn(-c5ccc(-c6ccncc6)cc5)nc4c3)cc2)cc1.c1ccc(-c2ccccc2-c2cc(-c3ccccc3-c3ccccc3)c3nn(-c4cccc(-c5cccnc5)c4)nc3c2)cc1. The van der Waals surface area contributed by atoms with Gasteiger partial charge in [-0.3, -0.25) is 15.0 Å². The van der Waals surface area contributed by atoms with Crippen molar-refractivity contribution in [3.05, 3.63) is 510 Å². The molecule has 0 fully saturated rings. The van der Waals surface area contributed by atoms with Crippen molar-refractivity contribution < 1.29 is 0 Å². The lowest BCUT2D eigenvalue weighted by Gasteiger charge is -2.14. The van der Waals surface area contributed by atoms with Crippen LogP contribution in [0.15, 0.2) is 510 Å². The Morgan fingerprint density at radius 2 is 0.385 bits per heavy atom. The molecule has 6 aromatic heterocycles. The quantitative estimate of drug-likeness (QED) is 0.0824. The molecule has 6 heterocycles. The molecule has 135 heavy (non-hydrogen) atoms. The van der Waals surface area contributed by atoms with E-state index in [1.54, 1.807) is 26.8 Å². The zero-order valence-corrected chi connectivity index (χ0v) is 73.4. The average molecular weight is 1730 g/mol. The number of nitrogens with zero attached hydrogens (tertiary/aromatic N) is 12. The van der Waals surface area contributed by atoms with Crippen molar-refractivity contribution in [2.75, 3.05) is 0 Å². The highest BCUT2D eigenvalue weighted by Crippen LogP contribution is 2.44. The summed E-state index contributed by atoms with van der Waals surface area (Å²) in [4.78, 5) is 17.9. The Balaban J connectivity index is 0.000000118. The van der Waals surface area contributed by atoms with E-state index >= 15 is 0 Å². The molecule has 0 saturated heterocycles. The molecule has 24 rings (SSSR count). The maximum Gasteiger partial charge on any atom is 0.121 e. The van der Waals surface area contributed by atoms with Gasteiger partial charge < -0.3 is 0 Å². The Hall–Kier alpha value is -18.4. The second-order valence-electron chi connectivity index (χ2n) is 33.1. The molecule has 0 atom stereocenters. The van der Waals surface area contributed by atoms with Crippen LogP contribution in [0.5, 0.6) is 0 Å². The molecular weight excluding hydrogens is 1650 g/mol. The van der Waals surface area contributed by atoms with Crippen LogP contribution in [0, 0.1) is 0 Å². The summed E-state index contributed by atoms with van der Waals surface area (Å²) >= 11 is 0. The van der Waals surface area contributed by atoms with E-state index in [-0.39, 0.29) is 0 Å². The van der Waals surface area contributed by atoms with Crippen LogP contribution >= 0.6 is 0 Å². The van der Waals surface area contributed by atoms with Crippen molar-refractivity contribution in [1.82, 2.24) is 59.9 Å². The van der Waals surface area contributed by atoms with Gasteiger partial charge >= 0.3 is 0 Å². The lowest BCUT2D eigenvalue weighted by molar-refractivity contribution is 0.766. The van der Waals surface area contributed by atoms with E-state index in [1.165, 1.54) is 55.6 Å². The number of rotatable bonds is 18. The molecule has 0 radical (unpaired) electrons. The molecule has 0 bridgehead atoms. The maximum absolute atomic E-state index is 5.13. The summed E-state index contributed by atoms with van der Waals surface area (Å²) in [5, 5.41) is 30.2. The van der Waals surface area contributed by atoms with Gasteiger partial charge in [-0.15, -0.1) is 30.6 Å². The molecule has 24 aromatic rings. The number of hydrogen-bond donors (Lipinski definition) is 0. The van der Waals surface area contributed by atoms with Crippen molar-refractivity contribution in [2.45, 2.75) is 0 Å². The topological polar surface area (TPSA) is 131 Å². The highest BCUT2D eigenvalue weighted by atomic mass is 15.5. The third-order valence-electron chi connectivity index (χ3n) is 24.6. The van der Waals surface area contributed by atoms with Crippen LogP contribution in [-0.4, -0.2) is 59.9 Å². The first-order valence-electron chi connectivity index (χ1n) is 45.1. The first kappa shape index (κ1) is 82.3. The maximum atomic E-state index is 5.13. The Morgan fingerprint density at radius 1 is 0.126 bits per heavy atom. The lowest BCUT2D eigenvalue weighted by Crippen LogP contribution is -1.98. The smallest absolute Gasteiger partial charge is 0.121 e. The Kier molecular flexibility index (Phi) is 23.0. The fourth-order valence-corrected chi connectivity index (χ4v) is 17.6. The molecule has 0 aliphatic heterocycles. The molecule has 12 heteroatoms. The molecule has 0 spiro atoms. The van der Waals surface area contributed by atoms with Crippen LogP contribution in [0.2, 0.25) is 0 Å². The van der Waals surface area contributed by atoms with Crippen LogP contribution in [0.4, 0.5) is 0 Å². The number of hydrogen-bond acceptors (Lipinski definition) is 9. The summed E-state index contributed by atoms with van der Waals surface area (Å²) in [6, 6.07) is 165.